The third-order valence-corrected chi connectivity index (χ3v) is 10.7. The Balaban J connectivity index is 1.03. The molecule has 0 amide bonds. The molecule has 4 aromatic rings. The van der Waals surface area contributed by atoms with E-state index in [9.17, 15) is 8.42 Å². The number of morpholine rings is 1. The van der Waals surface area contributed by atoms with Gasteiger partial charge in [-0.05, 0) is 73.6 Å². The van der Waals surface area contributed by atoms with Crippen molar-refractivity contribution < 1.29 is 22.6 Å². The topological polar surface area (TPSA) is 164 Å². The summed E-state index contributed by atoms with van der Waals surface area (Å²) in [4.78, 5) is 11.8. The standard InChI is InChI=1S/C32H41ClN10O5S/c1-21(16-41-20-36-39-40-41)48-30-13-22(3-10-28(30)33)23-14-34-32(35-15-23)37-29-17-42(38-31(29)47-11-12-49(2,44)45)24-4-6-25(7-5-24)43-26-8-9-27(43)19-46-18-26/h3,10,13-15,17,20-21,24-27H,4-9,11-12,16,18-19H2,1-2H3,(H,34,35,37)/t21-,24?,25?,26-,27+/m0/s1. The Kier molecular flexibility index (Phi) is 9.99. The number of fused-ring (bicyclic) bond motifs is 2. The summed E-state index contributed by atoms with van der Waals surface area (Å²) in [5.74, 6) is 1.08. The van der Waals surface area contributed by atoms with E-state index in [1.165, 1.54) is 25.4 Å². The first kappa shape index (κ1) is 33.6. The summed E-state index contributed by atoms with van der Waals surface area (Å²) in [5.41, 5.74) is 2.18. The number of nitrogens with one attached hydrogen (secondary N) is 1. The van der Waals surface area contributed by atoms with Crippen LogP contribution in [0.1, 0.15) is 51.5 Å². The normalized spacial score (nSPS) is 23.3. The van der Waals surface area contributed by atoms with Gasteiger partial charge in [0.1, 0.15) is 30.5 Å². The van der Waals surface area contributed by atoms with E-state index in [0.717, 1.165) is 50.0 Å². The molecule has 1 saturated carbocycles. The number of hydrogen-bond acceptors (Lipinski definition) is 13. The summed E-state index contributed by atoms with van der Waals surface area (Å²) >= 11 is 6.44. The number of halogens is 1. The lowest BCUT2D eigenvalue weighted by Gasteiger charge is -2.43. The molecule has 7 rings (SSSR count). The van der Waals surface area contributed by atoms with Crippen LogP contribution in [0, 0.1) is 0 Å². The molecule has 2 saturated heterocycles. The Labute approximate surface area is 290 Å². The van der Waals surface area contributed by atoms with Crippen molar-refractivity contribution >= 4 is 33.1 Å². The zero-order chi connectivity index (χ0) is 34.0. The largest absolute Gasteiger partial charge is 0.487 e. The quantitative estimate of drug-likeness (QED) is 0.212. The highest BCUT2D eigenvalue weighted by atomic mass is 35.5. The van der Waals surface area contributed by atoms with E-state index < -0.39 is 9.84 Å². The molecule has 3 fully saturated rings. The fourth-order valence-corrected chi connectivity index (χ4v) is 7.69. The van der Waals surface area contributed by atoms with Gasteiger partial charge in [0.2, 0.25) is 5.95 Å². The molecule has 2 bridgehead atoms. The van der Waals surface area contributed by atoms with Crippen LogP contribution in [-0.4, -0.2) is 109 Å². The van der Waals surface area contributed by atoms with Gasteiger partial charge in [0.15, 0.2) is 9.84 Å². The zero-order valence-corrected chi connectivity index (χ0v) is 29.1. The lowest BCUT2D eigenvalue weighted by atomic mass is 9.89. The molecule has 3 aromatic heterocycles. The second-order valence-corrected chi connectivity index (χ2v) is 15.8. The van der Waals surface area contributed by atoms with Crippen LogP contribution in [0.15, 0.2) is 43.1 Å². The van der Waals surface area contributed by atoms with Crippen molar-refractivity contribution in [2.75, 3.05) is 37.1 Å². The number of rotatable bonds is 13. The minimum Gasteiger partial charge on any atom is -0.487 e. The smallest absolute Gasteiger partial charge is 0.256 e. The van der Waals surface area contributed by atoms with Crippen molar-refractivity contribution in [1.82, 2.24) is 44.9 Å². The van der Waals surface area contributed by atoms with Gasteiger partial charge in [-0.2, -0.15) is 0 Å². The minimum absolute atomic E-state index is 0.00776. The number of tetrazole rings is 1. The van der Waals surface area contributed by atoms with Gasteiger partial charge >= 0.3 is 0 Å². The number of sulfone groups is 1. The van der Waals surface area contributed by atoms with E-state index in [0.29, 0.717) is 53.0 Å². The first-order chi connectivity index (χ1) is 23.7. The Morgan fingerprint density at radius 1 is 1.02 bits per heavy atom. The summed E-state index contributed by atoms with van der Waals surface area (Å²) in [6.07, 6.45) is 14.5. The maximum Gasteiger partial charge on any atom is 0.256 e. The predicted octanol–water partition coefficient (Wildman–Crippen LogP) is 3.96. The summed E-state index contributed by atoms with van der Waals surface area (Å²) in [6.45, 7) is 4.06. The molecule has 1 N–H and O–H groups in total. The molecule has 2 aliphatic heterocycles. The number of ether oxygens (including phenoxy) is 3. The monoisotopic (exact) mass is 712 g/mol. The molecule has 1 aliphatic carbocycles. The van der Waals surface area contributed by atoms with Crippen LogP contribution >= 0.6 is 11.6 Å². The van der Waals surface area contributed by atoms with E-state index in [1.54, 1.807) is 23.1 Å². The highest BCUT2D eigenvalue weighted by molar-refractivity contribution is 7.90. The zero-order valence-electron chi connectivity index (χ0n) is 27.6. The average molecular weight is 713 g/mol. The van der Waals surface area contributed by atoms with Gasteiger partial charge < -0.3 is 19.5 Å². The van der Waals surface area contributed by atoms with Crippen LogP contribution in [0.3, 0.4) is 0 Å². The molecule has 17 heteroatoms. The predicted molar refractivity (Wildman–Crippen MR) is 182 cm³/mol. The van der Waals surface area contributed by atoms with Crippen molar-refractivity contribution in [1.29, 1.82) is 0 Å². The maximum atomic E-state index is 11.8. The first-order valence-corrected chi connectivity index (χ1v) is 19.1. The van der Waals surface area contributed by atoms with Gasteiger partial charge in [-0.15, -0.1) is 10.2 Å². The number of nitrogens with zero attached hydrogens (tertiary/aromatic N) is 9. The molecule has 3 atom stereocenters. The molecule has 0 unspecified atom stereocenters. The highest BCUT2D eigenvalue weighted by Crippen LogP contribution is 2.39. The average Bonchev–Trinajstić information content (AvgIpc) is 3.80. The van der Waals surface area contributed by atoms with Crippen molar-refractivity contribution in [3.05, 3.63) is 48.1 Å². The molecule has 15 nitrogen and oxygen atoms in total. The van der Waals surface area contributed by atoms with Gasteiger partial charge in [0.05, 0.1) is 42.8 Å². The van der Waals surface area contributed by atoms with E-state index >= 15 is 0 Å². The lowest BCUT2D eigenvalue weighted by molar-refractivity contribution is -0.0458. The fraction of sp³-hybridized carbons (Fsp3) is 0.562. The minimum atomic E-state index is -3.20. The highest BCUT2D eigenvalue weighted by Gasteiger charge is 2.42. The third-order valence-electron chi connectivity index (χ3n) is 9.48. The molecule has 49 heavy (non-hydrogen) atoms. The van der Waals surface area contributed by atoms with Crippen molar-refractivity contribution in [3.63, 3.8) is 0 Å². The van der Waals surface area contributed by atoms with Crippen LogP contribution in [0.4, 0.5) is 11.6 Å². The van der Waals surface area contributed by atoms with Crippen LogP contribution in [0.5, 0.6) is 11.6 Å². The molecule has 1 aromatic carbocycles. The van der Waals surface area contributed by atoms with Crippen LogP contribution in [0.25, 0.3) is 11.1 Å². The molecule has 5 heterocycles. The molecular weight excluding hydrogens is 672 g/mol. The summed E-state index contributed by atoms with van der Waals surface area (Å²) < 4.78 is 44.9. The van der Waals surface area contributed by atoms with Crippen LogP contribution in [0.2, 0.25) is 5.02 Å². The van der Waals surface area contributed by atoms with E-state index in [-0.39, 0.29) is 24.5 Å². The number of hydrogen-bond donors (Lipinski definition) is 1. The molecule has 0 radical (unpaired) electrons. The first-order valence-electron chi connectivity index (χ1n) is 16.7. The van der Waals surface area contributed by atoms with E-state index in [4.69, 9.17) is 30.9 Å². The van der Waals surface area contributed by atoms with Crippen molar-refractivity contribution in [3.8, 4) is 22.8 Å². The Bertz CT molecular complexity index is 1800. The molecule has 262 valence electrons. The van der Waals surface area contributed by atoms with Crippen LogP contribution in [-0.2, 0) is 21.1 Å². The van der Waals surface area contributed by atoms with Gasteiger partial charge in [0, 0.05) is 42.3 Å². The fourth-order valence-electron chi connectivity index (χ4n) is 7.14. The number of benzene rings is 1. The number of aromatic nitrogens is 8. The van der Waals surface area contributed by atoms with Gasteiger partial charge in [-0.3, -0.25) is 9.58 Å². The summed E-state index contributed by atoms with van der Waals surface area (Å²) in [5, 5.41) is 19.7. The van der Waals surface area contributed by atoms with Crippen molar-refractivity contribution in [2.24, 2.45) is 0 Å². The van der Waals surface area contributed by atoms with Crippen molar-refractivity contribution in [2.45, 2.75) is 82.3 Å². The van der Waals surface area contributed by atoms with Gasteiger partial charge in [0.25, 0.3) is 5.88 Å². The second kappa shape index (κ2) is 14.5. The van der Waals surface area contributed by atoms with E-state index in [2.05, 4.69) is 35.7 Å². The Morgan fingerprint density at radius 3 is 2.43 bits per heavy atom. The van der Waals surface area contributed by atoms with Crippen LogP contribution < -0.4 is 14.8 Å². The molecule has 0 spiro atoms. The van der Waals surface area contributed by atoms with Gasteiger partial charge in [-0.1, -0.05) is 17.7 Å². The SMILES string of the molecule is C[C@@H](Cn1cnnn1)Oc1cc(-c2cnc(Nc3cn(C4CCC(N5[C@@H]6CC[C@H]5COC6)CC4)nc3OCCS(C)(=O)=O)nc2)ccc1Cl. The van der Waals surface area contributed by atoms with E-state index in [1.807, 2.05) is 29.9 Å². The second-order valence-electron chi connectivity index (χ2n) is 13.2. The lowest BCUT2D eigenvalue weighted by Crippen LogP contribution is -2.52. The summed E-state index contributed by atoms with van der Waals surface area (Å²) in [6, 6.07) is 7.39. The Morgan fingerprint density at radius 2 is 1.73 bits per heavy atom. The maximum absolute atomic E-state index is 11.8. The summed E-state index contributed by atoms with van der Waals surface area (Å²) in [7, 11) is -3.20. The Hall–Kier alpha value is -3.86. The third kappa shape index (κ3) is 8.14. The molecule has 3 aliphatic rings. The molecular formula is C32H41ClN10O5S. The van der Waals surface area contributed by atoms with Gasteiger partial charge in [-0.25, -0.2) is 23.1 Å². The number of anilines is 2.